The molecule has 0 saturated heterocycles. The van der Waals surface area contributed by atoms with Crippen molar-refractivity contribution in [2.24, 2.45) is 0 Å². The Labute approximate surface area is 177 Å². The van der Waals surface area contributed by atoms with Gasteiger partial charge in [-0.15, -0.1) is 0 Å². The maximum absolute atomic E-state index is 12.2. The monoisotopic (exact) mass is 432 g/mol. The van der Waals surface area contributed by atoms with Crippen LogP contribution in [-0.2, 0) is 30.8 Å². The van der Waals surface area contributed by atoms with E-state index in [0.29, 0.717) is 6.42 Å². The lowest BCUT2D eigenvalue weighted by molar-refractivity contribution is -0.147. The van der Waals surface area contributed by atoms with Gasteiger partial charge in [0.15, 0.2) is 6.61 Å². The summed E-state index contributed by atoms with van der Waals surface area (Å²) < 4.78 is 30.8. The van der Waals surface area contributed by atoms with Crippen LogP contribution in [0.1, 0.15) is 42.9 Å². The van der Waals surface area contributed by atoms with Gasteiger partial charge in [-0.05, 0) is 55.1 Å². The van der Waals surface area contributed by atoms with E-state index in [-0.39, 0.29) is 29.7 Å². The Bertz CT molecular complexity index is 999. The van der Waals surface area contributed by atoms with Crippen LogP contribution in [0, 0.1) is 6.92 Å². The second kappa shape index (κ2) is 10.4. The molecule has 0 bridgehead atoms. The summed E-state index contributed by atoms with van der Waals surface area (Å²) in [5, 5.41) is 2.84. The molecule has 2 N–H and O–H groups in total. The highest BCUT2D eigenvalue weighted by atomic mass is 32.2. The van der Waals surface area contributed by atoms with Gasteiger partial charge in [0.05, 0.1) is 4.90 Å². The van der Waals surface area contributed by atoms with Crippen LogP contribution >= 0.6 is 0 Å². The molecule has 0 aliphatic rings. The molecule has 30 heavy (non-hydrogen) atoms. The average Bonchev–Trinajstić information content (AvgIpc) is 2.72. The molecule has 162 valence electrons. The van der Waals surface area contributed by atoms with Gasteiger partial charge in [0.2, 0.25) is 10.0 Å². The van der Waals surface area contributed by atoms with Crippen molar-refractivity contribution in [3.05, 3.63) is 59.2 Å². The smallest absolute Gasteiger partial charge is 0.306 e. The molecule has 0 radical (unpaired) electrons. The fourth-order valence-electron chi connectivity index (χ4n) is 2.94. The summed E-state index contributed by atoms with van der Waals surface area (Å²) in [6.07, 6.45) is 0.475. The van der Waals surface area contributed by atoms with Gasteiger partial charge in [0.1, 0.15) is 0 Å². The Morgan fingerprint density at radius 2 is 1.73 bits per heavy atom. The molecule has 0 aliphatic carbocycles. The number of esters is 1. The van der Waals surface area contributed by atoms with Gasteiger partial charge in [-0.3, -0.25) is 9.59 Å². The Hall–Kier alpha value is -2.71. The maximum atomic E-state index is 12.2. The fraction of sp³-hybridized carbons (Fsp3) is 0.364. The van der Waals surface area contributed by atoms with E-state index in [1.54, 1.807) is 12.1 Å². The molecule has 2 rings (SSSR count). The van der Waals surface area contributed by atoms with Crippen LogP contribution in [-0.4, -0.2) is 33.9 Å². The number of para-hydroxylation sites is 1. The van der Waals surface area contributed by atoms with E-state index in [1.165, 1.54) is 19.2 Å². The fourth-order valence-corrected chi connectivity index (χ4v) is 3.67. The summed E-state index contributed by atoms with van der Waals surface area (Å²) in [7, 11) is -2.14. The van der Waals surface area contributed by atoms with E-state index in [1.807, 2.05) is 39.0 Å². The topological polar surface area (TPSA) is 102 Å². The third-order valence-corrected chi connectivity index (χ3v) is 6.11. The van der Waals surface area contributed by atoms with E-state index in [0.717, 1.165) is 22.4 Å². The quantitative estimate of drug-likeness (QED) is 0.593. The zero-order valence-corrected chi connectivity index (χ0v) is 18.5. The van der Waals surface area contributed by atoms with Gasteiger partial charge >= 0.3 is 5.97 Å². The number of amides is 1. The first-order valence-electron chi connectivity index (χ1n) is 9.71. The largest absolute Gasteiger partial charge is 0.456 e. The van der Waals surface area contributed by atoms with Gasteiger partial charge in [-0.2, -0.15) is 0 Å². The molecule has 2 aromatic carbocycles. The summed E-state index contributed by atoms with van der Waals surface area (Å²) in [6, 6.07) is 12.1. The zero-order chi connectivity index (χ0) is 22.3. The molecule has 1 amide bonds. The maximum Gasteiger partial charge on any atom is 0.306 e. The first kappa shape index (κ1) is 23.6. The number of rotatable bonds is 9. The summed E-state index contributed by atoms with van der Waals surface area (Å²) in [4.78, 5) is 24.4. The Balaban J connectivity index is 1.85. The van der Waals surface area contributed by atoms with Crippen LogP contribution in [0.15, 0.2) is 47.4 Å². The van der Waals surface area contributed by atoms with Crippen LogP contribution in [0.4, 0.5) is 5.69 Å². The van der Waals surface area contributed by atoms with Gasteiger partial charge in [0.25, 0.3) is 5.91 Å². The van der Waals surface area contributed by atoms with Crippen molar-refractivity contribution >= 4 is 27.6 Å². The number of ether oxygens (including phenoxy) is 1. The van der Waals surface area contributed by atoms with Crippen molar-refractivity contribution in [2.75, 3.05) is 19.0 Å². The Morgan fingerprint density at radius 3 is 2.33 bits per heavy atom. The Morgan fingerprint density at radius 1 is 1.07 bits per heavy atom. The minimum Gasteiger partial charge on any atom is -0.456 e. The van der Waals surface area contributed by atoms with Gasteiger partial charge < -0.3 is 10.1 Å². The standard InChI is InChI=1S/C22H28N2O5S/c1-15(2)19-7-5-6-16(3)22(19)24-20(25)14-29-21(26)13-10-17-8-11-18(12-9-17)30(27,28)23-4/h5-9,11-12,15,23H,10,13-14H2,1-4H3,(H,24,25). The van der Waals surface area contributed by atoms with Gasteiger partial charge in [-0.1, -0.05) is 44.2 Å². The first-order valence-corrected chi connectivity index (χ1v) is 11.2. The zero-order valence-electron chi connectivity index (χ0n) is 17.7. The van der Waals surface area contributed by atoms with Crippen molar-refractivity contribution in [1.82, 2.24) is 4.72 Å². The summed E-state index contributed by atoms with van der Waals surface area (Å²) >= 11 is 0. The van der Waals surface area contributed by atoms with Crippen LogP contribution in [0.2, 0.25) is 0 Å². The Kier molecular flexibility index (Phi) is 8.14. The van der Waals surface area contributed by atoms with Crippen molar-refractivity contribution < 1.29 is 22.7 Å². The highest BCUT2D eigenvalue weighted by Crippen LogP contribution is 2.27. The predicted octanol–water partition coefficient (Wildman–Crippen LogP) is 3.14. The molecule has 0 heterocycles. The lowest BCUT2D eigenvalue weighted by Crippen LogP contribution is -2.22. The second-order valence-corrected chi connectivity index (χ2v) is 9.14. The van der Waals surface area contributed by atoms with E-state index in [9.17, 15) is 18.0 Å². The van der Waals surface area contributed by atoms with Crippen molar-refractivity contribution in [2.45, 2.75) is 44.4 Å². The minimum atomic E-state index is -3.49. The molecular weight excluding hydrogens is 404 g/mol. The number of sulfonamides is 1. The lowest BCUT2D eigenvalue weighted by Gasteiger charge is -2.16. The molecule has 0 atom stereocenters. The van der Waals surface area contributed by atoms with E-state index >= 15 is 0 Å². The molecule has 0 unspecified atom stereocenters. The number of carbonyl (C=O) groups excluding carboxylic acids is 2. The second-order valence-electron chi connectivity index (χ2n) is 7.25. The van der Waals surface area contributed by atoms with Crippen molar-refractivity contribution in [1.29, 1.82) is 0 Å². The third kappa shape index (κ3) is 6.40. The van der Waals surface area contributed by atoms with Gasteiger partial charge in [0, 0.05) is 12.1 Å². The number of carbonyl (C=O) groups is 2. The average molecular weight is 433 g/mol. The SMILES string of the molecule is CNS(=O)(=O)c1ccc(CCC(=O)OCC(=O)Nc2c(C)cccc2C(C)C)cc1. The third-order valence-electron chi connectivity index (χ3n) is 4.68. The molecular formula is C22H28N2O5S. The number of nitrogens with one attached hydrogen (secondary N) is 2. The van der Waals surface area contributed by atoms with Crippen LogP contribution in [0.3, 0.4) is 0 Å². The summed E-state index contributed by atoms with van der Waals surface area (Å²) in [5.41, 5.74) is 3.53. The van der Waals surface area contributed by atoms with Gasteiger partial charge in [-0.25, -0.2) is 13.1 Å². The van der Waals surface area contributed by atoms with Crippen LogP contribution in [0.25, 0.3) is 0 Å². The highest BCUT2D eigenvalue weighted by Gasteiger charge is 2.14. The van der Waals surface area contributed by atoms with Crippen molar-refractivity contribution in [3.8, 4) is 0 Å². The molecule has 0 fully saturated rings. The molecule has 8 heteroatoms. The van der Waals surface area contributed by atoms with E-state index < -0.39 is 16.0 Å². The predicted molar refractivity (Wildman–Crippen MR) is 116 cm³/mol. The summed E-state index contributed by atoms with van der Waals surface area (Å²) in [6.45, 7) is 5.65. The number of aryl methyl sites for hydroxylation is 2. The lowest BCUT2D eigenvalue weighted by atomic mass is 9.98. The van der Waals surface area contributed by atoms with Crippen LogP contribution < -0.4 is 10.0 Å². The number of hydrogen-bond acceptors (Lipinski definition) is 5. The molecule has 0 spiro atoms. The first-order chi connectivity index (χ1) is 14.1. The molecule has 7 nitrogen and oxygen atoms in total. The molecule has 0 aromatic heterocycles. The van der Waals surface area contributed by atoms with Crippen LogP contribution in [0.5, 0.6) is 0 Å². The van der Waals surface area contributed by atoms with E-state index in [2.05, 4.69) is 10.0 Å². The van der Waals surface area contributed by atoms with E-state index in [4.69, 9.17) is 4.74 Å². The van der Waals surface area contributed by atoms with Crippen molar-refractivity contribution in [3.63, 3.8) is 0 Å². The number of hydrogen-bond donors (Lipinski definition) is 2. The minimum absolute atomic E-state index is 0.0903. The number of anilines is 1. The molecule has 0 aliphatic heterocycles. The number of benzene rings is 2. The molecule has 0 saturated carbocycles. The highest BCUT2D eigenvalue weighted by molar-refractivity contribution is 7.89. The molecule has 2 aromatic rings. The summed E-state index contributed by atoms with van der Waals surface area (Å²) in [5.74, 6) is -0.635. The normalized spacial score (nSPS) is 11.4.